The van der Waals surface area contributed by atoms with Crippen molar-refractivity contribution in [3.8, 4) is 11.8 Å². The Morgan fingerprint density at radius 3 is 2.38 bits per heavy atom. The number of rotatable bonds is 8. The van der Waals surface area contributed by atoms with Crippen molar-refractivity contribution in [3.63, 3.8) is 0 Å². The summed E-state index contributed by atoms with van der Waals surface area (Å²) in [6.07, 6.45) is 0. The molecule has 0 spiro atoms. The van der Waals surface area contributed by atoms with Gasteiger partial charge in [-0.25, -0.2) is 4.79 Å². The van der Waals surface area contributed by atoms with E-state index in [2.05, 4.69) is 11.4 Å². The number of hydrogen-bond acceptors (Lipinski definition) is 6. The van der Waals surface area contributed by atoms with Gasteiger partial charge in [0, 0.05) is 19.2 Å². The van der Waals surface area contributed by atoms with Crippen LogP contribution in [0.3, 0.4) is 0 Å². The summed E-state index contributed by atoms with van der Waals surface area (Å²) in [6.45, 7) is 6.14. The number of nitriles is 1. The molecule has 2 rings (SSSR count). The first-order chi connectivity index (χ1) is 13.9. The minimum atomic E-state index is -0.798. The molecule has 7 nitrogen and oxygen atoms in total. The Kier molecular flexibility index (Phi) is 7.61. The number of anilines is 2. The minimum Gasteiger partial charge on any atom is -0.492 e. The van der Waals surface area contributed by atoms with Crippen LogP contribution in [0.1, 0.15) is 37.9 Å². The molecule has 1 N–H and O–H groups in total. The summed E-state index contributed by atoms with van der Waals surface area (Å²) in [4.78, 5) is 26.2. The Morgan fingerprint density at radius 2 is 1.86 bits per heavy atom. The summed E-state index contributed by atoms with van der Waals surface area (Å²) in [6, 6.07) is 13.3. The van der Waals surface area contributed by atoms with Crippen molar-refractivity contribution < 1.29 is 19.1 Å². The first-order valence-corrected chi connectivity index (χ1v) is 9.34. The van der Waals surface area contributed by atoms with Gasteiger partial charge in [0.25, 0.3) is 0 Å². The Labute approximate surface area is 170 Å². The van der Waals surface area contributed by atoms with Crippen molar-refractivity contribution in [1.82, 2.24) is 0 Å². The highest BCUT2D eigenvalue weighted by Gasteiger charge is 2.24. The molecule has 29 heavy (non-hydrogen) atoms. The van der Waals surface area contributed by atoms with Crippen LogP contribution in [0.25, 0.3) is 0 Å². The van der Waals surface area contributed by atoms with Gasteiger partial charge in [0.15, 0.2) is 6.04 Å². The lowest BCUT2D eigenvalue weighted by molar-refractivity contribution is -0.141. The molecule has 7 heteroatoms. The van der Waals surface area contributed by atoms with Gasteiger partial charge in [-0.05, 0) is 55.8 Å². The zero-order valence-corrected chi connectivity index (χ0v) is 17.1. The van der Waals surface area contributed by atoms with E-state index in [1.165, 1.54) is 14.0 Å². The monoisotopic (exact) mass is 395 g/mol. The molecule has 0 bridgehead atoms. The number of carbonyl (C=O) groups is 2. The third-order valence-electron chi connectivity index (χ3n) is 4.37. The number of amides is 1. The Bertz CT molecular complexity index is 903. The Morgan fingerprint density at radius 1 is 1.17 bits per heavy atom. The van der Waals surface area contributed by atoms with Gasteiger partial charge in [-0.15, -0.1) is 0 Å². The molecule has 0 aliphatic heterocycles. The minimum absolute atomic E-state index is 0.125. The van der Waals surface area contributed by atoms with Crippen LogP contribution in [0.2, 0.25) is 0 Å². The zero-order chi connectivity index (χ0) is 21.4. The number of hydrogen-bond donors (Lipinski definition) is 1. The predicted octanol–water partition coefficient (Wildman–Crippen LogP) is 3.66. The maximum Gasteiger partial charge on any atom is 0.332 e. The van der Waals surface area contributed by atoms with Gasteiger partial charge in [0.05, 0.1) is 31.0 Å². The molecule has 1 amide bonds. The van der Waals surface area contributed by atoms with E-state index >= 15 is 0 Å². The molecule has 0 aliphatic rings. The van der Waals surface area contributed by atoms with Crippen LogP contribution in [-0.4, -0.2) is 32.1 Å². The fraction of sp³-hybridized carbons (Fsp3) is 0.318. The topological polar surface area (TPSA) is 91.7 Å². The van der Waals surface area contributed by atoms with Crippen LogP contribution >= 0.6 is 0 Å². The zero-order valence-electron chi connectivity index (χ0n) is 17.1. The maximum absolute atomic E-state index is 12.5. The first kappa shape index (κ1) is 21.8. The lowest BCUT2D eigenvalue weighted by Crippen LogP contribution is -2.29. The van der Waals surface area contributed by atoms with Gasteiger partial charge in [-0.1, -0.05) is 6.07 Å². The van der Waals surface area contributed by atoms with Gasteiger partial charge in [0.1, 0.15) is 5.75 Å². The van der Waals surface area contributed by atoms with E-state index in [9.17, 15) is 9.59 Å². The number of methoxy groups -OCH3 is 1. The normalized spacial score (nSPS) is 11.1. The highest BCUT2D eigenvalue weighted by molar-refractivity contribution is 5.93. The van der Waals surface area contributed by atoms with Gasteiger partial charge >= 0.3 is 5.97 Å². The molecule has 0 aliphatic carbocycles. The lowest BCUT2D eigenvalue weighted by Gasteiger charge is -2.25. The van der Waals surface area contributed by atoms with E-state index in [0.717, 1.165) is 0 Å². The van der Waals surface area contributed by atoms with E-state index in [4.69, 9.17) is 14.7 Å². The van der Waals surface area contributed by atoms with Crippen molar-refractivity contribution in [1.29, 1.82) is 5.26 Å². The number of esters is 1. The molecule has 1 unspecified atom stereocenters. The second-order valence-corrected chi connectivity index (χ2v) is 6.21. The smallest absolute Gasteiger partial charge is 0.332 e. The van der Waals surface area contributed by atoms with E-state index in [1.54, 1.807) is 47.4 Å². The van der Waals surface area contributed by atoms with Crippen LogP contribution < -0.4 is 15.0 Å². The lowest BCUT2D eigenvalue weighted by atomic mass is 10.0. The Hall–Kier alpha value is -3.53. The summed E-state index contributed by atoms with van der Waals surface area (Å²) in [7, 11) is 1.32. The maximum atomic E-state index is 12.5. The molecule has 1 atom stereocenters. The second kappa shape index (κ2) is 10.1. The molecule has 2 aromatic carbocycles. The quantitative estimate of drug-likeness (QED) is 0.686. The average molecular weight is 395 g/mol. The summed E-state index contributed by atoms with van der Waals surface area (Å²) < 4.78 is 10.6. The number of nitrogens with one attached hydrogen (secondary N) is 1. The summed E-state index contributed by atoms with van der Waals surface area (Å²) >= 11 is 0. The van der Waals surface area contributed by atoms with Gasteiger partial charge in [0.2, 0.25) is 5.91 Å². The first-order valence-electron chi connectivity index (χ1n) is 9.34. The van der Waals surface area contributed by atoms with Crippen molar-refractivity contribution in [2.45, 2.75) is 26.8 Å². The van der Waals surface area contributed by atoms with E-state index in [1.807, 2.05) is 13.8 Å². The van der Waals surface area contributed by atoms with Crippen LogP contribution in [0, 0.1) is 11.3 Å². The third kappa shape index (κ3) is 5.26. The van der Waals surface area contributed by atoms with Gasteiger partial charge in [-0.3, -0.25) is 4.79 Å². The molecule has 0 saturated carbocycles. The molecule has 0 radical (unpaired) electrons. The number of nitrogens with zero attached hydrogens (tertiary/aromatic N) is 2. The highest BCUT2D eigenvalue weighted by Crippen LogP contribution is 2.33. The molecule has 2 aromatic rings. The second-order valence-electron chi connectivity index (χ2n) is 6.21. The highest BCUT2D eigenvalue weighted by atomic mass is 16.5. The van der Waals surface area contributed by atoms with Gasteiger partial charge < -0.3 is 19.7 Å². The number of ether oxygens (including phenoxy) is 2. The standard InChI is InChI=1S/C22H25N3O4/c1-5-25(15(3)26)19-13-17(9-12-20(19)29-6-2)21(22(27)28-4)24-18-10-7-16(14-23)8-11-18/h7-13,21,24H,5-6H2,1-4H3. The predicted molar refractivity (Wildman–Crippen MR) is 111 cm³/mol. The molecule has 0 fully saturated rings. The Balaban J connectivity index is 2.48. The number of benzene rings is 2. The van der Waals surface area contributed by atoms with E-state index < -0.39 is 12.0 Å². The van der Waals surface area contributed by atoms with Crippen molar-refractivity contribution in [3.05, 3.63) is 53.6 Å². The summed E-state index contributed by atoms with van der Waals surface area (Å²) in [5.41, 5.74) is 2.40. The molecule has 152 valence electrons. The summed E-state index contributed by atoms with van der Waals surface area (Å²) in [5.74, 6) is -0.0362. The number of carbonyl (C=O) groups excluding carboxylic acids is 2. The van der Waals surface area contributed by atoms with Crippen LogP contribution in [0.15, 0.2) is 42.5 Å². The molecule has 0 heterocycles. The van der Waals surface area contributed by atoms with Crippen molar-refractivity contribution in [2.24, 2.45) is 0 Å². The fourth-order valence-corrected chi connectivity index (χ4v) is 2.97. The van der Waals surface area contributed by atoms with Crippen LogP contribution in [0.4, 0.5) is 11.4 Å². The fourth-order valence-electron chi connectivity index (χ4n) is 2.97. The largest absolute Gasteiger partial charge is 0.492 e. The van der Waals surface area contributed by atoms with Crippen molar-refractivity contribution >= 4 is 23.3 Å². The summed E-state index contributed by atoms with van der Waals surface area (Å²) in [5, 5.41) is 12.1. The third-order valence-corrected chi connectivity index (χ3v) is 4.37. The van der Waals surface area contributed by atoms with Crippen LogP contribution in [-0.2, 0) is 14.3 Å². The van der Waals surface area contributed by atoms with Crippen molar-refractivity contribution in [2.75, 3.05) is 30.5 Å². The molecule has 0 saturated heterocycles. The molecular formula is C22H25N3O4. The molecule has 0 aromatic heterocycles. The van der Waals surface area contributed by atoms with Gasteiger partial charge in [-0.2, -0.15) is 5.26 Å². The van der Waals surface area contributed by atoms with Crippen LogP contribution in [0.5, 0.6) is 5.75 Å². The van der Waals surface area contributed by atoms with E-state index in [-0.39, 0.29) is 5.91 Å². The molecular weight excluding hydrogens is 370 g/mol. The average Bonchev–Trinajstić information content (AvgIpc) is 2.73. The SMILES string of the molecule is CCOc1ccc(C(Nc2ccc(C#N)cc2)C(=O)OC)cc1N(CC)C(C)=O. The van der Waals surface area contributed by atoms with E-state index in [0.29, 0.717) is 41.4 Å².